The second-order valence-corrected chi connectivity index (χ2v) is 29.7. The third-order valence-corrected chi connectivity index (χ3v) is 22.8. The lowest BCUT2D eigenvalue weighted by atomic mass is 9.99. The number of para-hydroxylation sites is 2. The number of amides is 2. The average Bonchev–Trinajstić information content (AvgIpc) is 4.09. The molecule has 2 atom stereocenters. The van der Waals surface area contributed by atoms with Crippen LogP contribution in [-0.4, -0.2) is 80.9 Å². The lowest BCUT2D eigenvalue weighted by Crippen LogP contribution is -2.37. The highest BCUT2D eigenvalue weighted by molar-refractivity contribution is 8.77. The van der Waals surface area contributed by atoms with Gasteiger partial charge in [0.25, 0.3) is 11.8 Å². The summed E-state index contributed by atoms with van der Waals surface area (Å²) in [5.41, 5.74) is 14.3. The Morgan fingerprint density at radius 3 is 1.73 bits per heavy atom. The molecule has 0 unspecified atom stereocenters. The van der Waals surface area contributed by atoms with E-state index in [9.17, 15) is 19.8 Å². The number of aliphatic hydroxyl groups excluding tert-OH is 2. The van der Waals surface area contributed by atoms with Crippen LogP contribution >= 0.6 is 66.7 Å². The summed E-state index contributed by atoms with van der Waals surface area (Å²) in [4.78, 5) is 36.7. The first-order valence-electron chi connectivity index (χ1n) is 26.6. The molecule has 6 aromatic rings. The van der Waals surface area contributed by atoms with Crippen LogP contribution < -0.4 is 24.0 Å². The van der Waals surface area contributed by atoms with Crippen LogP contribution in [0.4, 0.5) is 17.1 Å². The molecule has 16 heteroatoms. The Kier molecular flexibility index (Phi) is 19.8. The summed E-state index contributed by atoms with van der Waals surface area (Å²) in [6.45, 7) is 11.8. The topological polar surface area (TPSA) is 121 Å². The van der Waals surface area contributed by atoms with Gasteiger partial charge in [0.15, 0.2) is 11.5 Å². The number of methoxy groups -OCH3 is 1. The van der Waals surface area contributed by atoms with Crippen LogP contribution in [0, 0.1) is 6.92 Å². The van der Waals surface area contributed by atoms with Gasteiger partial charge in [-0.2, -0.15) is 23.5 Å². The van der Waals surface area contributed by atoms with E-state index < -0.39 is 0 Å². The van der Waals surface area contributed by atoms with Crippen LogP contribution in [0.15, 0.2) is 114 Å². The number of aliphatic imine (C=N–C) groups is 1. The van der Waals surface area contributed by atoms with Gasteiger partial charge in [0.2, 0.25) is 0 Å². The van der Waals surface area contributed by atoms with Crippen molar-refractivity contribution in [1.29, 1.82) is 0 Å². The Bertz CT molecular complexity index is 3180. The molecule has 0 radical (unpaired) electrons. The van der Waals surface area contributed by atoms with Crippen molar-refractivity contribution in [3.8, 4) is 17.2 Å². The standard InChI is InChI=1S/C49H49N3O5S3.C14H22O2S3/c1-30-16-40-41(50-25-38-21-36-11-7-9-13-43(36)52(38)48(40)54)24-44(30)56-26-31-17-32(19-33(18-31)28-59-29-49(2,3)60-58-5)27-57-46-22-34-14-15-37-20-35-10-6-8-12-42(35)51(37)47(53)39(34)23-45(46)55-4;1-14(2,19-17-3)10-18-9-13-5-11(7-15)4-12(6-13)8-16/h6-13,16-19,22-25,37-38H,14-15,20-21,26-29H2,1-5H3;4-6,15-16H,7-10H2,1-3H3/t37-,38+;/m1./s1. The van der Waals surface area contributed by atoms with Gasteiger partial charge in [-0.05, 0) is 158 Å². The van der Waals surface area contributed by atoms with Gasteiger partial charge in [-0.25, -0.2) is 0 Å². The minimum atomic E-state index is -0.109. The van der Waals surface area contributed by atoms with Crippen molar-refractivity contribution in [2.75, 3.05) is 40.9 Å². The Balaban J connectivity index is 0.000000339. The predicted octanol–water partition coefficient (Wildman–Crippen LogP) is 14.7. The van der Waals surface area contributed by atoms with Crippen LogP contribution in [-0.2, 0) is 57.2 Å². The number of aryl methyl sites for hydroxylation is 2. The van der Waals surface area contributed by atoms with E-state index in [0.29, 0.717) is 47.3 Å². The summed E-state index contributed by atoms with van der Waals surface area (Å²) in [7, 11) is 9.04. The second kappa shape index (κ2) is 26.5. The summed E-state index contributed by atoms with van der Waals surface area (Å²) in [6.07, 6.45) is 9.43. The Morgan fingerprint density at radius 2 is 1.14 bits per heavy atom. The molecular weight excluding hydrogens is 1100 g/mol. The highest BCUT2D eigenvalue weighted by Crippen LogP contribution is 2.43. The van der Waals surface area contributed by atoms with Crippen molar-refractivity contribution in [2.24, 2.45) is 4.99 Å². The zero-order valence-corrected chi connectivity index (χ0v) is 51.2. The monoisotopic (exact) mass is 1170 g/mol. The summed E-state index contributed by atoms with van der Waals surface area (Å²) in [5, 5.41) is 18.4. The number of aliphatic hydroxyl groups is 2. The van der Waals surface area contributed by atoms with Gasteiger partial charge < -0.3 is 29.3 Å². The first-order valence-corrected chi connectivity index (χ1v) is 34.0. The lowest BCUT2D eigenvalue weighted by molar-refractivity contribution is 0.0975. The third kappa shape index (κ3) is 14.3. The molecular formula is C63H71N3O7S6. The molecule has 416 valence electrons. The summed E-state index contributed by atoms with van der Waals surface area (Å²) in [5.74, 6) is 5.70. The van der Waals surface area contributed by atoms with E-state index in [-0.39, 0.29) is 46.6 Å². The van der Waals surface area contributed by atoms with Crippen LogP contribution in [0.5, 0.6) is 17.2 Å². The van der Waals surface area contributed by atoms with Gasteiger partial charge >= 0.3 is 0 Å². The van der Waals surface area contributed by atoms with Gasteiger partial charge in [-0.3, -0.25) is 19.5 Å². The van der Waals surface area contributed by atoms with Gasteiger partial charge in [-0.15, -0.1) is 0 Å². The SMILES string of the molecule is COc1cc2c(cc1OCc1cc(COc3cc4c(cc3C)C(=O)N3c5ccccc5C[C@H]3C=N4)cc(CSCC(C)(C)SSC)c1)CC[C@@H]1Cc3ccccc3N1C2=O.CSSC(C)(C)CSCc1cc(CO)cc(CO)c1. The maximum atomic E-state index is 14.1. The van der Waals surface area contributed by atoms with Crippen LogP contribution in [0.3, 0.4) is 0 Å². The smallest absolute Gasteiger partial charge is 0.261 e. The minimum Gasteiger partial charge on any atom is -0.493 e. The van der Waals surface area contributed by atoms with Crippen LogP contribution in [0.1, 0.15) is 110 Å². The highest BCUT2D eigenvalue weighted by Gasteiger charge is 2.39. The molecule has 4 aliphatic rings. The largest absolute Gasteiger partial charge is 0.493 e. The van der Waals surface area contributed by atoms with E-state index in [1.807, 2.05) is 141 Å². The van der Waals surface area contributed by atoms with E-state index in [1.165, 1.54) is 16.7 Å². The number of carbonyl (C=O) groups excluding carboxylic acids is 2. The Hall–Kier alpha value is -4.65. The molecule has 4 heterocycles. The fourth-order valence-corrected chi connectivity index (χ4v) is 18.1. The Morgan fingerprint density at radius 1 is 0.608 bits per heavy atom. The number of anilines is 2. The molecule has 6 aromatic carbocycles. The summed E-state index contributed by atoms with van der Waals surface area (Å²) < 4.78 is 19.4. The highest BCUT2D eigenvalue weighted by atomic mass is 33.1. The van der Waals surface area contributed by atoms with E-state index in [2.05, 4.69) is 76.6 Å². The zero-order chi connectivity index (χ0) is 55.8. The van der Waals surface area contributed by atoms with Gasteiger partial charge in [0, 0.05) is 74.2 Å². The van der Waals surface area contributed by atoms with Gasteiger partial charge in [0.05, 0.1) is 37.6 Å². The normalized spacial score (nSPS) is 16.2. The Labute approximate surface area is 491 Å². The van der Waals surface area contributed by atoms with E-state index in [1.54, 1.807) is 28.7 Å². The molecule has 0 fully saturated rings. The fraction of sp³-hybridized carbons (Fsp3) is 0.381. The van der Waals surface area contributed by atoms with Gasteiger partial charge in [0.1, 0.15) is 19.0 Å². The van der Waals surface area contributed by atoms with Crippen LogP contribution in [0.2, 0.25) is 0 Å². The fourth-order valence-electron chi connectivity index (χ4n) is 10.7. The average molecular weight is 1170 g/mol. The molecule has 10 rings (SSSR count). The number of benzene rings is 6. The van der Waals surface area contributed by atoms with Crippen molar-refractivity contribution >= 4 is 102 Å². The summed E-state index contributed by atoms with van der Waals surface area (Å²) in [6, 6.07) is 36.5. The number of thioether (sulfide) groups is 2. The van der Waals surface area contributed by atoms with E-state index in [4.69, 9.17) is 19.2 Å². The third-order valence-electron chi connectivity index (χ3n) is 14.2. The first kappa shape index (κ1) is 59.0. The number of carbonyl (C=O) groups is 2. The molecule has 79 heavy (non-hydrogen) atoms. The van der Waals surface area contributed by atoms with Crippen molar-refractivity contribution < 1.29 is 34.0 Å². The molecule has 0 aliphatic carbocycles. The predicted molar refractivity (Wildman–Crippen MR) is 338 cm³/mol. The number of nitrogens with zero attached hydrogens (tertiary/aromatic N) is 3. The van der Waals surface area contributed by atoms with Gasteiger partial charge in [-0.1, -0.05) is 110 Å². The maximum Gasteiger partial charge on any atom is 0.261 e. The quantitative estimate of drug-likeness (QED) is 0.0666. The molecule has 0 saturated heterocycles. The molecule has 4 aliphatic heterocycles. The lowest BCUT2D eigenvalue weighted by Gasteiger charge is -2.23. The van der Waals surface area contributed by atoms with Crippen LogP contribution in [0.25, 0.3) is 0 Å². The number of hydrogen-bond donors (Lipinski definition) is 2. The second-order valence-electron chi connectivity index (χ2n) is 21.6. The molecule has 0 aromatic heterocycles. The minimum absolute atomic E-state index is 0.0190. The van der Waals surface area contributed by atoms with Crippen molar-refractivity contribution in [3.63, 3.8) is 0 Å². The molecule has 0 saturated carbocycles. The molecule has 2 N–H and O–H groups in total. The van der Waals surface area contributed by atoms with Crippen molar-refractivity contribution in [2.45, 2.75) is 120 Å². The number of fused-ring (bicyclic) bond motifs is 8. The number of hydrogen-bond acceptors (Lipinski definition) is 14. The zero-order valence-electron chi connectivity index (χ0n) is 46.3. The van der Waals surface area contributed by atoms with Crippen molar-refractivity contribution in [3.05, 3.63) is 176 Å². The first-order chi connectivity index (χ1) is 38.1. The number of rotatable bonds is 21. The van der Waals surface area contributed by atoms with Crippen molar-refractivity contribution in [1.82, 2.24) is 0 Å². The molecule has 2 amide bonds. The van der Waals surface area contributed by atoms with E-state index in [0.717, 1.165) is 99.0 Å². The molecule has 0 spiro atoms. The van der Waals surface area contributed by atoms with E-state index >= 15 is 0 Å². The molecule has 0 bridgehead atoms. The summed E-state index contributed by atoms with van der Waals surface area (Å²) >= 11 is 3.82. The number of ether oxygens (including phenoxy) is 3. The molecule has 10 nitrogen and oxygen atoms in total. The maximum absolute atomic E-state index is 14.1.